The molecule has 1 heterocycles. The third-order valence-electron chi connectivity index (χ3n) is 4.38. The number of carbonyl (C=O) groups excluding carboxylic acids is 2. The fourth-order valence-corrected chi connectivity index (χ4v) is 2.99. The molecule has 1 aliphatic carbocycles. The summed E-state index contributed by atoms with van der Waals surface area (Å²) < 4.78 is 23.4. The number of nitrogens with zero attached hydrogens (tertiary/aromatic N) is 1. The molecule has 0 bridgehead atoms. The molecule has 0 aromatic heterocycles. The predicted molar refractivity (Wildman–Crippen MR) is 88.1 cm³/mol. The van der Waals surface area contributed by atoms with Crippen molar-refractivity contribution >= 4 is 12.0 Å². The van der Waals surface area contributed by atoms with Gasteiger partial charge in [0.15, 0.2) is 0 Å². The van der Waals surface area contributed by atoms with Gasteiger partial charge in [-0.1, -0.05) is 12.1 Å². The third kappa shape index (κ3) is 3.66. The molecule has 7 heteroatoms. The lowest BCUT2D eigenvalue weighted by molar-refractivity contribution is -0.140. The van der Waals surface area contributed by atoms with Crippen LogP contribution in [0.3, 0.4) is 0 Å². The van der Waals surface area contributed by atoms with Crippen molar-refractivity contribution in [3.8, 4) is 0 Å². The number of urea groups is 1. The Balaban J connectivity index is 1.95. The Bertz CT molecular complexity index is 698. The Labute approximate surface area is 145 Å². The van der Waals surface area contributed by atoms with E-state index in [1.165, 1.54) is 19.2 Å². The first-order chi connectivity index (χ1) is 12.0. The molecule has 1 aromatic carbocycles. The molecule has 3 rings (SSSR count). The summed E-state index contributed by atoms with van der Waals surface area (Å²) in [6.07, 6.45) is 1.83. The molecule has 1 fully saturated rings. The molecule has 6 nitrogen and oxygen atoms in total. The lowest BCUT2D eigenvalue weighted by atomic mass is 9.95. The minimum absolute atomic E-state index is 0.121. The summed E-state index contributed by atoms with van der Waals surface area (Å²) in [6.45, 7) is 2.16. The Morgan fingerprint density at radius 1 is 1.28 bits per heavy atom. The summed E-state index contributed by atoms with van der Waals surface area (Å²) in [5.41, 5.74) is 1.58. The van der Waals surface area contributed by atoms with Crippen LogP contribution in [0.25, 0.3) is 0 Å². The summed E-state index contributed by atoms with van der Waals surface area (Å²) >= 11 is 0. The smallest absolute Gasteiger partial charge is 0.338 e. The van der Waals surface area contributed by atoms with Gasteiger partial charge in [0.1, 0.15) is 12.4 Å². The van der Waals surface area contributed by atoms with Crippen LogP contribution in [0.15, 0.2) is 35.5 Å². The van der Waals surface area contributed by atoms with Crippen molar-refractivity contribution in [2.24, 2.45) is 0 Å². The van der Waals surface area contributed by atoms with Gasteiger partial charge in [-0.15, -0.1) is 0 Å². The van der Waals surface area contributed by atoms with Crippen molar-refractivity contribution in [2.75, 3.05) is 20.3 Å². The fraction of sp³-hybridized carbons (Fsp3) is 0.444. The van der Waals surface area contributed by atoms with Gasteiger partial charge in [-0.05, 0) is 37.5 Å². The van der Waals surface area contributed by atoms with Gasteiger partial charge in [0.25, 0.3) is 0 Å². The second-order valence-corrected chi connectivity index (χ2v) is 6.16. The second kappa shape index (κ2) is 7.23. The number of hydrogen-bond acceptors (Lipinski definition) is 4. The van der Waals surface area contributed by atoms with E-state index < -0.39 is 12.0 Å². The molecule has 2 aliphatic rings. The standard InChI is InChI=1S/C18H21FN2O4/c1-11-15(17(22)25-10-9-24-2)16(12-3-5-13(19)6-4-12)20-18(23)21(11)14-7-8-14/h3-6,14,16H,7-10H2,1-2H3,(H,20,23). The van der Waals surface area contributed by atoms with Gasteiger partial charge in [0.05, 0.1) is 18.2 Å². The van der Waals surface area contributed by atoms with E-state index in [1.807, 2.05) is 0 Å². The first-order valence-electron chi connectivity index (χ1n) is 8.25. The van der Waals surface area contributed by atoms with E-state index in [1.54, 1.807) is 24.0 Å². The summed E-state index contributed by atoms with van der Waals surface area (Å²) in [7, 11) is 1.52. The molecule has 1 aromatic rings. The number of rotatable bonds is 6. The predicted octanol–water partition coefficient (Wildman–Crippen LogP) is 2.52. The Morgan fingerprint density at radius 2 is 1.96 bits per heavy atom. The Hall–Kier alpha value is -2.41. The van der Waals surface area contributed by atoms with Crippen LogP contribution in [0.5, 0.6) is 0 Å². The van der Waals surface area contributed by atoms with Gasteiger partial charge >= 0.3 is 12.0 Å². The van der Waals surface area contributed by atoms with Crippen LogP contribution >= 0.6 is 0 Å². The average molecular weight is 348 g/mol. The number of esters is 1. The highest BCUT2D eigenvalue weighted by molar-refractivity contribution is 5.95. The maximum Gasteiger partial charge on any atom is 0.338 e. The maximum absolute atomic E-state index is 13.2. The zero-order chi connectivity index (χ0) is 18.0. The molecule has 1 atom stereocenters. The number of benzene rings is 1. The minimum Gasteiger partial charge on any atom is -0.460 e. The van der Waals surface area contributed by atoms with Gasteiger partial charge in [0.2, 0.25) is 0 Å². The van der Waals surface area contributed by atoms with Crippen molar-refractivity contribution < 1.29 is 23.5 Å². The molecular weight excluding hydrogens is 327 g/mol. The van der Waals surface area contributed by atoms with Gasteiger partial charge in [-0.2, -0.15) is 0 Å². The quantitative estimate of drug-likeness (QED) is 0.634. The largest absolute Gasteiger partial charge is 0.460 e. The molecule has 1 saturated carbocycles. The molecule has 25 heavy (non-hydrogen) atoms. The van der Waals surface area contributed by atoms with E-state index in [-0.39, 0.29) is 31.1 Å². The summed E-state index contributed by atoms with van der Waals surface area (Å²) in [5.74, 6) is -0.884. The minimum atomic E-state index is -0.668. The molecule has 2 amide bonds. The molecule has 0 saturated heterocycles. The summed E-state index contributed by atoms with van der Waals surface area (Å²) in [4.78, 5) is 26.8. The molecule has 0 spiro atoms. The number of amides is 2. The van der Waals surface area contributed by atoms with Crippen LogP contribution in [0.1, 0.15) is 31.4 Å². The average Bonchev–Trinajstić information content (AvgIpc) is 3.40. The number of hydrogen-bond donors (Lipinski definition) is 1. The van der Waals surface area contributed by atoms with Gasteiger partial charge in [-0.25, -0.2) is 14.0 Å². The van der Waals surface area contributed by atoms with Crippen LogP contribution in [0, 0.1) is 5.82 Å². The number of halogens is 1. The second-order valence-electron chi connectivity index (χ2n) is 6.16. The number of carbonyl (C=O) groups is 2. The van der Waals surface area contributed by atoms with E-state index in [0.717, 1.165) is 12.8 Å². The Morgan fingerprint density at radius 3 is 2.56 bits per heavy atom. The van der Waals surface area contributed by atoms with E-state index in [4.69, 9.17) is 9.47 Å². The fourth-order valence-electron chi connectivity index (χ4n) is 2.99. The molecular formula is C18H21FN2O4. The van der Waals surface area contributed by atoms with Crippen LogP contribution in [-0.2, 0) is 14.3 Å². The monoisotopic (exact) mass is 348 g/mol. The van der Waals surface area contributed by atoms with Crippen LogP contribution in [0.4, 0.5) is 9.18 Å². The maximum atomic E-state index is 13.2. The lowest BCUT2D eigenvalue weighted by Gasteiger charge is -2.35. The van der Waals surface area contributed by atoms with Gasteiger partial charge in [0, 0.05) is 18.8 Å². The zero-order valence-electron chi connectivity index (χ0n) is 14.3. The normalized spacial score (nSPS) is 20.5. The molecule has 0 radical (unpaired) electrons. The number of allylic oxidation sites excluding steroid dienone is 1. The van der Waals surface area contributed by atoms with Crippen LogP contribution in [-0.4, -0.2) is 43.3 Å². The first kappa shape index (κ1) is 17.4. The summed E-state index contributed by atoms with van der Waals surface area (Å²) in [6, 6.07) is 4.93. The first-order valence-corrected chi connectivity index (χ1v) is 8.25. The van der Waals surface area contributed by atoms with Crippen molar-refractivity contribution in [3.63, 3.8) is 0 Å². The SMILES string of the molecule is COCCOC(=O)C1=C(C)N(C2CC2)C(=O)NC1c1ccc(F)cc1. The molecule has 134 valence electrons. The molecule has 1 unspecified atom stereocenters. The number of methoxy groups -OCH3 is 1. The topological polar surface area (TPSA) is 67.9 Å². The Kier molecular flexibility index (Phi) is 5.03. The van der Waals surface area contributed by atoms with Crippen LogP contribution in [0.2, 0.25) is 0 Å². The van der Waals surface area contributed by atoms with Crippen LogP contribution < -0.4 is 5.32 Å². The molecule has 1 aliphatic heterocycles. The van der Waals surface area contributed by atoms with E-state index in [9.17, 15) is 14.0 Å². The van der Waals surface area contributed by atoms with Crippen molar-refractivity contribution in [2.45, 2.75) is 31.8 Å². The highest BCUT2D eigenvalue weighted by atomic mass is 19.1. The number of ether oxygens (including phenoxy) is 2. The lowest BCUT2D eigenvalue weighted by Crippen LogP contribution is -2.49. The third-order valence-corrected chi connectivity index (χ3v) is 4.38. The highest BCUT2D eigenvalue weighted by Gasteiger charge is 2.42. The number of nitrogens with one attached hydrogen (secondary N) is 1. The van der Waals surface area contributed by atoms with E-state index >= 15 is 0 Å². The van der Waals surface area contributed by atoms with Gasteiger partial charge in [-0.3, -0.25) is 4.90 Å². The van der Waals surface area contributed by atoms with Crippen molar-refractivity contribution in [1.82, 2.24) is 10.2 Å². The van der Waals surface area contributed by atoms with Crippen molar-refractivity contribution in [1.29, 1.82) is 0 Å². The zero-order valence-corrected chi connectivity index (χ0v) is 14.3. The van der Waals surface area contributed by atoms with E-state index in [0.29, 0.717) is 16.8 Å². The van der Waals surface area contributed by atoms with Crippen molar-refractivity contribution in [3.05, 3.63) is 46.9 Å². The molecule has 1 N–H and O–H groups in total. The summed E-state index contributed by atoms with van der Waals surface area (Å²) in [5, 5.41) is 2.85. The highest BCUT2D eigenvalue weighted by Crippen LogP contribution is 2.37. The van der Waals surface area contributed by atoms with E-state index in [2.05, 4.69) is 5.32 Å². The van der Waals surface area contributed by atoms with Gasteiger partial charge < -0.3 is 14.8 Å².